The van der Waals surface area contributed by atoms with Gasteiger partial charge in [-0.05, 0) is 48.7 Å². The number of thiophene rings is 1. The molecule has 0 radical (unpaired) electrons. The highest BCUT2D eigenvalue weighted by Gasteiger charge is 2.27. The molecule has 0 amide bonds. The number of hydrogen-bond donors (Lipinski definition) is 1. The van der Waals surface area contributed by atoms with Crippen LogP contribution in [0.3, 0.4) is 0 Å². The van der Waals surface area contributed by atoms with E-state index in [1.165, 1.54) is 24.9 Å². The SMILES string of the molecule is Cc1cnc([C@@H]2CCCN2Cc2ccsc2)[nH]1. The van der Waals surface area contributed by atoms with E-state index in [0.29, 0.717) is 6.04 Å². The van der Waals surface area contributed by atoms with Crippen LogP contribution in [0.15, 0.2) is 23.0 Å². The van der Waals surface area contributed by atoms with Crippen molar-refractivity contribution in [1.82, 2.24) is 14.9 Å². The van der Waals surface area contributed by atoms with E-state index in [9.17, 15) is 0 Å². The summed E-state index contributed by atoms with van der Waals surface area (Å²) in [5, 5.41) is 4.39. The third-order valence-electron chi connectivity index (χ3n) is 3.37. The van der Waals surface area contributed by atoms with Crippen molar-refractivity contribution in [3.8, 4) is 0 Å². The fraction of sp³-hybridized carbons (Fsp3) is 0.462. The van der Waals surface area contributed by atoms with Crippen LogP contribution < -0.4 is 0 Å². The van der Waals surface area contributed by atoms with Crippen molar-refractivity contribution in [1.29, 1.82) is 0 Å². The zero-order valence-electron chi connectivity index (χ0n) is 10.0. The average Bonchev–Trinajstić information content (AvgIpc) is 2.99. The van der Waals surface area contributed by atoms with Gasteiger partial charge in [0.15, 0.2) is 0 Å². The predicted octanol–water partition coefficient (Wildman–Crippen LogP) is 3.12. The van der Waals surface area contributed by atoms with E-state index in [4.69, 9.17) is 0 Å². The van der Waals surface area contributed by atoms with Gasteiger partial charge in [0.2, 0.25) is 0 Å². The van der Waals surface area contributed by atoms with Crippen LogP contribution >= 0.6 is 11.3 Å². The quantitative estimate of drug-likeness (QED) is 0.903. The van der Waals surface area contributed by atoms with Crippen LogP contribution in [-0.4, -0.2) is 21.4 Å². The Morgan fingerprint density at radius 1 is 1.59 bits per heavy atom. The monoisotopic (exact) mass is 247 g/mol. The molecular formula is C13H17N3S. The molecule has 0 spiro atoms. The summed E-state index contributed by atoms with van der Waals surface area (Å²) in [5.41, 5.74) is 2.58. The summed E-state index contributed by atoms with van der Waals surface area (Å²) in [6.07, 6.45) is 4.42. The Kier molecular flexibility index (Phi) is 2.99. The van der Waals surface area contributed by atoms with E-state index in [0.717, 1.165) is 18.1 Å². The lowest BCUT2D eigenvalue weighted by atomic mass is 10.2. The number of aryl methyl sites for hydroxylation is 1. The largest absolute Gasteiger partial charge is 0.345 e. The molecule has 90 valence electrons. The third kappa shape index (κ3) is 2.28. The van der Waals surface area contributed by atoms with Gasteiger partial charge in [0, 0.05) is 18.4 Å². The number of H-pyrrole nitrogens is 1. The molecule has 2 aromatic rings. The molecule has 3 heterocycles. The minimum atomic E-state index is 0.476. The molecule has 3 nitrogen and oxygen atoms in total. The summed E-state index contributed by atoms with van der Waals surface area (Å²) < 4.78 is 0. The lowest BCUT2D eigenvalue weighted by Crippen LogP contribution is -2.23. The molecule has 3 rings (SSSR count). The molecule has 0 aliphatic carbocycles. The maximum Gasteiger partial charge on any atom is 0.123 e. The average molecular weight is 247 g/mol. The van der Waals surface area contributed by atoms with Crippen molar-refractivity contribution in [2.75, 3.05) is 6.54 Å². The van der Waals surface area contributed by atoms with Crippen LogP contribution in [0.1, 0.15) is 36.0 Å². The first-order valence-corrected chi connectivity index (χ1v) is 7.04. The number of hydrogen-bond acceptors (Lipinski definition) is 3. The van der Waals surface area contributed by atoms with Crippen molar-refractivity contribution in [2.45, 2.75) is 32.4 Å². The molecule has 0 aromatic carbocycles. The van der Waals surface area contributed by atoms with Gasteiger partial charge in [-0.25, -0.2) is 4.98 Å². The number of aromatic amines is 1. The zero-order chi connectivity index (χ0) is 11.7. The summed E-state index contributed by atoms with van der Waals surface area (Å²) in [6.45, 7) is 4.29. The normalized spacial score (nSPS) is 21.1. The minimum absolute atomic E-state index is 0.476. The molecule has 17 heavy (non-hydrogen) atoms. The molecule has 4 heteroatoms. The van der Waals surface area contributed by atoms with Gasteiger partial charge >= 0.3 is 0 Å². The molecule has 1 N–H and O–H groups in total. The van der Waals surface area contributed by atoms with Gasteiger partial charge in [-0.2, -0.15) is 11.3 Å². The molecule has 0 saturated carbocycles. The van der Waals surface area contributed by atoms with Gasteiger partial charge in [0.25, 0.3) is 0 Å². The fourth-order valence-electron chi connectivity index (χ4n) is 2.54. The van der Waals surface area contributed by atoms with E-state index in [1.807, 2.05) is 6.20 Å². The molecule has 0 bridgehead atoms. The number of rotatable bonds is 3. The second-order valence-corrected chi connectivity index (χ2v) is 5.49. The van der Waals surface area contributed by atoms with E-state index in [-0.39, 0.29) is 0 Å². The van der Waals surface area contributed by atoms with Gasteiger partial charge in [0.05, 0.1) is 6.04 Å². The maximum absolute atomic E-state index is 4.48. The summed E-state index contributed by atoms with van der Waals surface area (Å²) in [5.74, 6) is 1.13. The van der Waals surface area contributed by atoms with Crippen LogP contribution in [0.25, 0.3) is 0 Å². The maximum atomic E-state index is 4.48. The first-order valence-electron chi connectivity index (χ1n) is 6.09. The van der Waals surface area contributed by atoms with Crippen LogP contribution in [-0.2, 0) is 6.54 Å². The van der Waals surface area contributed by atoms with E-state index in [2.05, 4.69) is 38.6 Å². The molecule has 1 atom stereocenters. The molecule has 1 saturated heterocycles. The van der Waals surface area contributed by atoms with Crippen LogP contribution in [0.2, 0.25) is 0 Å². The summed E-state index contributed by atoms with van der Waals surface area (Å²) >= 11 is 1.77. The highest BCUT2D eigenvalue weighted by Crippen LogP contribution is 2.31. The number of likely N-dealkylation sites (tertiary alicyclic amines) is 1. The highest BCUT2D eigenvalue weighted by molar-refractivity contribution is 7.07. The van der Waals surface area contributed by atoms with Gasteiger partial charge in [-0.3, -0.25) is 4.90 Å². The summed E-state index contributed by atoms with van der Waals surface area (Å²) in [4.78, 5) is 10.4. The Bertz CT molecular complexity index is 475. The number of nitrogens with zero attached hydrogens (tertiary/aromatic N) is 2. The predicted molar refractivity (Wildman–Crippen MR) is 70.0 cm³/mol. The van der Waals surface area contributed by atoms with Crippen molar-refractivity contribution in [3.63, 3.8) is 0 Å². The standard InChI is InChI=1S/C13H17N3S/c1-10-7-14-13(15-10)12-3-2-5-16(12)8-11-4-6-17-9-11/h4,6-7,9,12H,2-3,5,8H2,1H3,(H,14,15)/t12-/m0/s1. The molecule has 1 aliphatic rings. The third-order valence-corrected chi connectivity index (χ3v) is 4.10. The van der Waals surface area contributed by atoms with E-state index >= 15 is 0 Å². The van der Waals surface area contributed by atoms with Crippen molar-refractivity contribution >= 4 is 11.3 Å². The number of nitrogens with one attached hydrogen (secondary N) is 1. The van der Waals surface area contributed by atoms with Crippen LogP contribution in [0.5, 0.6) is 0 Å². The van der Waals surface area contributed by atoms with Gasteiger partial charge in [-0.15, -0.1) is 0 Å². The Labute approximate surface area is 106 Å². The molecule has 1 fully saturated rings. The fourth-order valence-corrected chi connectivity index (χ4v) is 3.20. The van der Waals surface area contributed by atoms with Gasteiger partial charge in [0.1, 0.15) is 5.82 Å². The van der Waals surface area contributed by atoms with Crippen molar-refractivity contribution in [2.24, 2.45) is 0 Å². The minimum Gasteiger partial charge on any atom is -0.345 e. The first-order chi connectivity index (χ1) is 8.33. The van der Waals surface area contributed by atoms with Crippen molar-refractivity contribution in [3.05, 3.63) is 40.1 Å². The Hall–Kier alpha value is -1.13. The molecule has 0 unspecified atom stereocenters. The second-order valence-electron chi connectivity index (χ2n) is 4.71. The number of imidazole rings is 1. The van der Waals surface area contributed by atoms with Gasteiger partial charge < -0.3 is 4.98 Å². The Balaban J connectivity index is 1.76. The second kappa shape index (κ2) is 4.63. The summed E-state index contributed by atoms with van der Waals surface area (Å²) in [7, 11) is 0. The Morgan fingerprint density at radius 3 is 3.24 bits per heavy atom. The molecule has 2 aromatic heterocycles. The van der Waals surface area contributed by atoms with Crippen LogP contribution in [0.4, 0.5) is 0 Å². The number of aromatic nitrogens is 2. The Morgan fingerprint density at radius 2 is 2.53 bits per heavy atom. The topological polar surface area (TPSA) is 31.9 Å². The zero-order valence-corrected chi connectivity index (χ0v) is 10.8. The van der Waals surface area contributed by atoms with E-state index < -0.39 is 0 Å². The summed E-state index contributed by atoms with van der Waals surface area (Å²) in [6, 6.07) is 2.69. The van der Waals surface area contributed by atoms with E-state index in [1.54, 1.807) is 11.3 Å². The van der Waals surface area contributed by atoms with Gasteiger partial charge in [-0.1, -0.05) is 0 Å². The smallest absolute Gasteiger partial charge is 0.123 e. The molecule has 1 aliphatic heterocycles. The van der Waals surface area contributed by atoms with Crippen LogP contribution in [0, 0.1) is 6.92 Å². The molecular weight excluding hydrogens is 230 g/mol. The first kappa shape index (κ1) is 11.0. The highest BCUT2D eigenvalue weighted by atomic mass is 32.1. The lowest BCUT2D eigenvalue weighted by molar-refractivity contribution is 0.241. The van der Waals surface area contributed by atoms with Crippen molar-refractivity contribution < 1.29 is 0 Å². The lowest BCUT2D eigenvalue weighted by Gasteiger charge is -2.22.